The summed E-state index contributed by atoms with van der Waals surface area (Å²) in [5, 5.41) is 11.1. The van der Waals surface area contributed by atoms with Gasteiger partial charge >= 0.3 is 6.09 Å². The highest BCUT2D eigenvalue weighted by molar-refractivity contribution is 14.0. The van der Waals surface area contributed by atoms with Crippen LogP contribution in [0.4, 0.5) is 4.79 Å². The second-order valence-corrected chi connectivity index (χ2v) is 8.60. The summed E-state index contributed by atoms with van der Waals surface area (Å²) < 4.78 is 7.57. The van der Waals surface area contributed by atoms with E-state index in [4.69, 9.17) is 4.74 Å². The normalized spacial score (nSPS) is 14.1. The van der Waals surface area contributed by atoms with Crippen LogP contribution < -0.4 is 10.6 Å². The van der Waals surface area contributed by atoms with Crippen molar-refractivity contribution in [2.45, 2.75) is 79.0 Å². The maximum Gasteiger partial charge on any atom is 0.410 e. The minimum atomic E-state index is -0.473. The number of amides is 1. The lowest BCUT2D eigenvalue weighted by Crippen LogP contribution is -2.45. The van der Waals surface area contributed by atoms with Crippen LogP contribution in [0.5, 0.6) is 0 Å². The number of halogens is 1. The summed E-state index contributed by atoms with van der Waals surface area (Å²) in [5.74, 6) is 0.779. The number of aliphatic imine (C=N–C) groups is 1. The molecule has 0 saturated heterocycles. The van der Waals surface area contributed by atoms with Gasteiger partial charge in [0.05, 0.1) is 5.69 Å². The van der Waals surface area contributed by atoms with Gasteiger partial charge in [0, 0.05) is 44.5 Å². The van der Waals surface area contributed by atoms with E-state index >= 15 is 0 Å². The average molecular weight is 534 g/mol. The predicted octanol–water partition coefficient (Wildman–Crippen LogP) is 3.46. The molecule has 1 amide bonds. The van der Waals surface area contributed by atoms with E-state index in [2.05, 4.69) is 33.7 Å². The van der Waals surface area contributed by atoms with Crippen LogP contribution >= 0.6 is 24.0 Å². The van der Waals surface area contributed by atoms with Gasteiger partial charge < -0.3 is 20.3 Å². The standard InChI is InChI=1S/C21H38N6O2.HI/c1-7-22-19(23-11-8-13-27-17(3)15-16(2)25-27)24-12-14-26(18-9-10-18)20(28)29-21(4,5)6;/h15,18H,7-14H2,1-6H3,(H2,22,23,24);1H. The van der Waals surface area contributed by atoms with Gasteiger partial charge in [-0.1, -0.05) is 0 Å². The van der Waals surface area contributed by atoms with Crippen LogP contribution in [-0.4, -0.2) is 64.6 Å². The quantitative estimate of drug-likeness (QED) is 0.220. The number of hydrogen-bond donors (Lipinski definition) is 2. The first kappa shape index (κ1) is 26.5. The summed E-state index contributed by atoms with van der Waals surface area (Å²) in [6.07, 6.45) is 2.80. The molecule has 1 heterocycles. The van der Waals surface area contributed by atoms with Crippen molar-refractivity contribution in [3.63, 3.8) is 0 Å². The largest absolute Gasteiger partial charge is 0.444 e. The van der Waals surface area contributed by atoms with E-state index in [1.807, 2.05) is 44.2 Å². The Morgan fingerprint density at radius 3 is 2.57 bits per heavy atom. The number of nitrogens with one attached hydrogen (secondary N) is 2. The van der Waals surface area contributed by atoms with Gasteiger partial charge in [0.15, 0.2) is 5.96 Å². The summed E-state index contributed by atoms with van der Waals surface area (Å²) in [4.78, 5) is 18.9. The summed E-state index contributed by atoms with van der Waals surface area (Å²) in [7, 11) is 0. The van der Waals surface area contributed by atoms with E-state index in [0.29, 0.717) is 25.7 Å². The Kier molecular flexibility index (Phi) is 10.9. The fraction of sp³-hybridized carbons (Fsp3) is 0.762. The molecule has 172 valence electrons. The summed E-state index contributed by atoms with van der Waals surface area (Å²) >= 11 is 0. The van der Waals surface area contributed by atoms with E-state index in [-0.39, 0.29) is 30.1 Å². The van der Waals surface area contributed by atoms with E-state index in [9.17, 15) is 4.79 Å². The van der Waals surface area contributed by atoms with Crippen molar-refractivity contribution in [1.82, 2.24) is 25.3 Å². The van der Waals surface area contributed by atoms with Crippen molar-refractivity contribution in [2.24, 2.45) is 4.99 Å². The number of aromatic nitrogens is 2. The zero-order chi connectivity index (χ0) is 21.4. The van der Waals surface area contributed by atoms with Crippen LogP contribution in [0.15, 0.2) is 11.1 Å². The first-order valence-corrected chi connectivity index (χ1v) is 10.7. The molecule has 2 N–H and O–H groups in total. The van der Waals surface area contributed by atoms with Crippen molar-refractivity contribution >= 4 is 36.0 Å². The minimum Gasteiger partial charge on any atom is -0.444 e. The molecule has 0 unspecified atom stereocenters. The van der Waals surface area contributed by atoms with Gasteiger partial charge in [0.25, 0.3) is 0 Å². The van der Waals surface area contributed by atoms with Gasteiger partial charge in [-0.05, 0) is 66.9 Å². The number of hydrogen-bond acceptors (Lipinski definition) is 4. The molecule has 0 spiro atoms. The van der Waals surface area contributed by atoms with Gasteiger partial charge in [-0.25, -0.2) is 4.79 Å². The fourth-order valence-corrected chi connectivity index (χ4v) is 3.08. The van der Waals surface area contributed by atoms with Gasteiger partial charge in [-0.15, -0.1) is 24.0 Å². The summed E-state index contributed by atoms with van der Waals surface area (Å²) in [6.45, 7) is 15.4. The van der Waals surface area contributed by atoms with Crippen LogP contribution in [0.2, 0.25) is 0 Å². The lowest BCUT2D eigenvalue weighted by atomic mass is 10.2. The number of guanidine groups is 1. The molecule has 0 aliphatic heterocycles. The summed E-state index contributed by atoms with van der Waals surface area (Å²) in [6, 6.07) is 2.40. The molecule has 0 radical (unpaired) electrons. The maximum absolute atomic E-state index is 12.4. The molecule has 1 saturated carbocycles. The van der Waals surface area contributed by atoms with Crippen LogP contribution in [0, 0.1) is 13.8 Å². The molecule has 8 nitrogen and oxygen atoms in total. The molecular weight excluding hydrogens is 495 g/mol. The van der Waals surface area contributed by atoms with Gasteiger partial charge in [-0.2, -0.15) is 5.10 Å². The summed E-state index contributed by atoms with van der Waals surface area (Å²) in [5.41, 5.74) is 1.75. The maximum atomic E-state index is 12.4. The second kappa shape index (κ2) is 12.4. The predicted molar refractivity (Wildman–Crippen MR) is 132 cm³/mol. The molecule has 30 heavy (non-hydrogen) atoms. The Balaban J connectivity index is 0.00000450. The topological polar surface area (TPSA) is 83.8 Å². The first-order chi connectivity index (χ1) is 13.7. The Labute approximate surface area is 198 Å². The van der Waals surface area contributed by atoms with Crippen molar-refractivity contribution < 1.29 is 9.53 Å². The highest BCUT2D eigenvalue weighted by atomic mass is 127. The molecular formula is C21H39IN6O2. The molecule has 0 aromatic carbocycles. The number of aryl methyl sites for hydroxylation is 3. The highest BCUT2D eigenvalue weighted by Crippen LogP contribution is 2.28. The van der Waals surface area contributed by atoms with E-state index in [0.717, 1.165) is 44.0 Å². The van der Waals surface area contributed by atoms with Crippen LogP contribution in [0.25, 0.3) is 0 Å². The van der Waals surface area contributed by atoms with Gasteiger partial charge in [-0.3, -0.25) is 9.67 Å². The first-order valence-electron chi connectivity index (χ1n) is 10.7. The third-order valence-electron chi connectivity index (χ3n) is 4.51. The molecule has 0 atom stereocenters. The fourth-order valence-electron chi connectivity index (χ4n) is 3.08. The molecule has 1 aliphatic rings. The van der Waals surface area contributed by atoms with Gasteiger partial charge in [0.2, 0.25) is 0 Å². The number of carbonyl (C=O) groups is 1. The Morgan fingerprint density at radius 1 is 1.33 bits per heavy atom. The number of carbonyl (C=O) groups excluding carboxylic acids is 1. The van der Waals surface area contributed by atoms with Crippen LogP contribution in [0.3, 0.4) is 0 Å². The monoisotopic (exact) mass is 534 g/mol. The molecule has 1 aromatic rings. The molecule has 1 aromatic heterocycles. The Hall–Kier alpha value is -1.52. The zero-order valence-electron chi connectivity index (χ0n) is 19.3. The third kappa shape index (κ3) is 9.53. The number of ether oxygens (including phenoxy) is 1. The molecule has 1 fully saturated rings. The second-order valence-electron chi connectivity index (χ2n) is 8.60. The number of nitrogens with zero attached hydrogens (tertiary/aromatic N) is 4. The van der Waals surface area contributed by atoms with E-state index in [1.54, 1.807) is 0 Å². The van der Waals surface area contributed by atoms with Crippen LogP contribution in [0.1, 0.15) is 58.3 Å². The lowest BCUT2D eigenvalue weighted by molar-refractivity contribution is 0.0238. The smallest absolute Gasteiger partial charge is 0.410 e. The van der Waals surface area contributed by atoms with Crippen molar-refractivity contribution in [1.29, 1.82) is 0 Å². The highest BCUT2D eigenvalue weighted by Gasteiger charge is 2.34. The molecule has 0 bridgehead atoms. The molecule has 1 aliphatic carbocycles. The van der Waals surface area contributed by atoms with E-state index < -0.39 is 5.60 Å². The van der Waals surface area contributed by atoms with E-state index in [1.165, 1.54) is 5.69 Å². The molecule has 9 heteroatoms. The van der Waals surface area contributed by atoms with Crippen molar-refractivity contribution in [3.8, 4) is 0 Å². The van der Waals surface area contributed by atoms with Crippen molar-refractivity contribution in [3.05, 3.63) is 17.5 Å². The Bertz CT molecular complexity index is 694. The lowest BCUT2D eigenvalue weighted by Gasteiger charge is -2.27. The SMILES string of the molecule is CCNC(=NCCCn1nc(C)cc1C)NCCN(C(=O)OC(C)(C)C)C1CC1.I. The van der Waals surface area contributed by atoms with Gasteiger partial charge in [0.1, 0.15) is 5.60 Å². The number of rotatable bonds is 9. The van der Waals surface area contributed by atoms with Crippen LogP contribution in [-0.2, 0) is 11.3 Å². The molecule has 2 rings (SSSR count). The van der Waals surface area contributed by atoms with Crippen molar-refractivity contribution in [2.75, 3.05) is 26.2 Å². The Morgan fingerprint density at radius 2 is 2.03 bits per heavy atom. The zero-order valence-corrected chi connectivity index (χ0v) is 21.7. The third-order valence-corrected chi connectivity index (χ3v) is 4.51. The average Bonchev–Trinajstić information content (AvgIpc) is 3.38. The minimum absolute atomic E-state index is 0.